The lowest BCUT2D eigenvalue weighted by atomic mass is 10.3. The predicted octanol–water partition coefficient (Wildman–Crippen LogP) is 2.15. The Hall–Kier alpha value is -1.78. The van der Waals surface area contributed by atoms with Gasteiger partial charge in [-0.25, -0.2) is 0 Å². The Kier molecular flexibility index (Phi) is 4.18. The summed E-state index contributed by atoms with van der Waals surface area (Å²) in [5.74, 6) is 2.00. The van der Waals surface area contributed by atoms with E-state index in [1.807, 2.05) is 36.4 Å². The number of nitrogens with one attached hydrogen (secondary N) is 1. The summed E-state index contributed by atoms with van der Waals surface area (Å²) in [4.78, 5) is 0. The molecule has 0 unspecified atom stereocenters. The van der Waals surface area contributed by atoms with Crippen molar-refractivity contribution in [1.82, 2.24) is 5.32 Å². The third kappa shape index (κ3) is 3.62. The van der Waals surface area contributed by atoms with Gasteiger partial charge < -0.3 is 19.6 Å². The first-order valence-corrected chi connectivity index (χ1v) is 5.51. The van der Waals surface area contributed by atoms with Crippen molar-refractivity contribution in [2.45, 2.75) is 6.54 Å². The van der Waals surface area contributed by atoms with Crippen molar-refractivity contribution in [1.29, 1.82) is 0 Å². The molecule has 17 heavy (non-hydrogen) atoms. The summed E-state index contributed by atoms with van der Waals surface area (Å²) in [6, 6.07) is 13.1. The number of aliphatic hydroxyl groups is 1. The van der Waals surface area contributed by atoms with Crippen molar-refractivity contribution in [3.8, 4) is 11.7 Å². The molecule has 1 heterocycles. The van der Waals surface area contributed by atoms with E-state index in [0.29, 0.717) is 19.0 Å². The fourth-order valence-corrected chi connectivity index (χ4v) is 1.40. The lowest BCUT2D eigenvalue weighted by molar-refractivity contribution is 0.286. The number of furan rings is 1. The predicted molar refractivity (Wildman–Crippen MR) is 64.0 cm³/mol. The van der Waals surface area contributed by atoms with Crippen LogP contribution < -0.4 is 10.1 Å². The molecule has 0 saturated carbocycles. The van der Waals surface area contributed by atoms with Gasteiger partial charge in [-0.3, -0.25) is 0 Å². The molecule has 0 atom stereocenters. The van der Waals surface area contributed by atoms with E-state index in [0.717, 1.165) is 11.5 Å². The summed E-state index contributed by atoms with van der Waals surface area (Å²) >= 11 is 0. The first-order valence-electron chi connectivity index (χ1n) is 5.51. The summed E-state index contributed by atoms with van der Waals surface area (Å²) in [5, 5.41) is 11.7. The lowest BCUT2D eigenvalue weighted by Gasteiger charge is -2.01. The van der Waals surface area contributed by atoms with Crippen molar-refractivity contribution in [3.63, 3.8) is 0 Å². The molecular weight excluding hydrogens is 218 g/mol. The van der Waals surface area contributed by atoms with E-state index >= 15 is 0 Å². The van der Waals surface area contributed by atoms with Crippen LogP contribution in [0.25, 0.3) is 0 Å². The van der Waals surface area contributed by atoms with Crippen LogP contribution in [-0.4, -0.2) is 18.3 Å². The molecule has 90 valence electrons. The van der Waals surface area contributed by atoms with Crippen LogP contribution >= 0.6 is 0 Å². The highest BCUT2D eigenvalue weighted by Gasteiger charge is 2.03. The molecule has 2 N–H and O–H groups in total. The molecular formula is C13H15NO3. The van der Waals surface area contributed by atoms with E-state index in [9.17, 15) is 0 Å². The largest absolute Gasteiger partial charge is 0.429 e. The van der Waals surface area contributed by atoms with Crippen molar-refractivity contribution in [2.24, 2.45) is 0 Å². The van der Waals surface area contributed by atoms with E-state index in [2.05, 4.69) is 5.32 Å². The van der Waals surface area contributed by atoms with Crippen molar-refractivity contribution >= 4 is 0 Å². The quantitative estimate of drug-likeness (QED) is 0.751. The maximum Gasteiger partial charge on any atom is 0.290 e. The Morgan fingerprint density at radius 2 is 1.94 bits per heavy atom. The van der Waals surface area contributed by atoms with E-state index in [1.54, 1.807) is 6.07 Å². The molecule has 4 nitrogen and oxygen atoms in total. The summed E-state index contributed by atoms with van der Waals surface area (Å²) < 4.78 is 11.0. The molecule has 0 aliphatic rings. The van der Waals surface area contributed by atoms with Gasteiger partial charge in [0, 0.05) is 12.6 Å². The Balaban J connectivity index is 1.90. The second kappa shape index (κ2) is 6.08. The summed E-state index contributed by atoms with van der Waals surface area (Å²) in [6.07, 6.45) is 0. The van der Waals surface area contributed by atoms with Crippen LogP contribution in [0.5, 0.6) is 11.7 Å². The minimum absolute atomic E-state index is 0.119. The van der Waals surface area contributed by atoms with Crippen molar-refractivity contribution in [2.75, 3.05) is 13.2 Å². The lowest BCUT2D eigenvalue weighted by Crippen LogP contribution is -2.16. The van der Waals surface area contributed by atoms with Gasteiger partial charge in [0.05, 0.1) is 13.2 Å². The number of rotatable bonds is 6. The number of ether oxygens (including phenoxy) is 1. The summed E-state index contributed by atoms with van der Waals surface area (Å²) in [6.45, 7) is 1.25. The summed E-state index contributed by atoms with van der Waals surface area (Å²) in [5.41, 5.74) is 0. The van der Waals surface area contributed by atoms with Gasteiger partial charge in [-0.05, 0) is 18.2 Å². The molecule has 4 heteroatoms. The number of hydrogen-bond acceptors (Lipinski definition) is 4. The van der Waals surface area contributed by atoms with Gasteiger partial charge in [0.1, 0.15) is 11.5 Å². The molecule has 1 aromatic carbocycles. The summed E-state index contributed by atoms with van der Waals surface area (Å²) in [7, 11) is 0. The van der Waals surface area contributed by atoms with Crippen LogP contribution in [0.15, 0.2) is 46.9 Å². The van der Waals surface area contributed by atoms with Gasteiger partial charge in [0.15, 0.2) is 0 Å². The molecule has 0 aliphatic heterocycles. The first kappa shape index (κ1) is 11.7. The molecule has 0 saturated heterocycles. The van der Waals surface area contributed by atoms with E-state index in [-0.39, 0.29) is 6.61 Å². The zero-order chi connectivity index (χ0) is 11.9. The molecule has 0 bridgehead atoms. The average Bonchev–Trinajstić information content (AvgIpc) is 2.79. The Morgan fingerprint density at radius 1 is 1.12 bits per heavy atom. The maximum absolute atomic E-state index is 8.63. The van der Waals surface area contributed by atoms with Gasteiger partial charge in [-0.2, -0.15) is 0 Å². The molecule has 1 aromatic heterocycles. The van der Waals surface area contributed by atoms with E-state index in [1.165, 1.54) is 0 Å². The van der Waals surface area contributed by atoms with Crippen molar-refractivity contribution in [3.05, 3.63) is 48.2 Å². The Labute approximate surface area is 99.8 Å². The van der Waals surface area contributed by atoms with E-state index in [4.69, 9.17) is 14.3 Å². The highest BCUT2D eigenvalue weighted by atomic mass is 16.6. The topological polar surface area (TPSA) is 54.6 Å². The second-order valence-electron chi connectivity index (χ2n) is 3.54. The fraction of sp³-hybridized carbons (Fsp3) is 0.231. The number of hydrogen-bond donors (Lipinski definition) is 2. The molecule has 0 fully saturated rings. The minimum Gasteiger partial charge on any atom is -0.429 e. The smallest absolute Gasteiger partial charge is 0.290 e. The van der Waals surface area contributed by atoms with E-state index < -0.39 is 0 Å². The Bertz CT molecular complexity index is 439. The van der Waals surface area contributed by atoms with Crippen LogP contribution in [0.4, 0.5) is 0 Å². The van der Waals surface area contributed by atoms with Crippen LogP contribution in [0.1, 0.15) is 5.76 Å². The fourth-order valence-electron chi connectivity index (χ4n) is 1.40. The number of aliphatic hydroxyl groups excluding tert-OH is 1. The maximum atomic E-state index is 8.63. The van der Waals surface area contributed by atoms with Crippen LogP contribution in [0, 0.1) is 0 Å². The van der Waals surface area contributed by atoms with Gasteiger partial charge in [0.2, 0.25) is 0 Å². The zero-order valence-corrected chi connectivity index (χ0v) is 9.43. The van der Waals surface area contributed by atoms with Gasteiger partial charge in [-0.1, -0.05) is 18.2 Å². The van der Waals surface area contributed by atoms with Gasteiger partial charge in [0.25, 0.3) is 5.95 Å². The highest BCUT2D eigenvalue weighted by molar-refractivity contribution is 5.26. The third-order valence-electron chi connectivity index (χ3n) is 2.19. The monoisotopic (exact) mass is 233 g/mol. The molecule has 0 radical (unpaired) electrons. The molecule has 0 spiro atoms. The van der Waals surface area contributed by atoms with Crippen LogP contribution in [0.3, 0.4) is 0 Å². The average molecular weight is 233 g/mol. The van der Waals surface area contributed by atoms with Crippen LogP contribution in [-0.2, 0) is 6.54 Å². The molecule has 2 aromatic rings. The number of benzene rings is 1. The third-order valence-corrected chi connectivity index (χ3v) is 2.19. The number of para-hydroxylation sites is 1. The zero-order valence-electron chi connectivity index (χ0n) is 9.43. The highest BCUT2D eigenvalue weighted by Crippen LogP contribution is 2.23. The second-order valence-corrected chi connectivity index (χ2v) is 3.54. The van der Waals surface area contributed by atoms with Crippen LogP contribution in [0.2, 0.25) is 0 Å². The molecule has 0 amide bonds. The minimum atomic E-state index is 0.119. The first-order chi connectivity index (χ1) is 8.38. The SMILES string of the molecule is OCCNCc1ccc(Oc2ccccc2)o1. The van der Waals surface area contributed by atoms with Gasteiger partial charge >= 0.3 is 0 Å². The molecule has 0 aliphatic carbocycles. The normalized spacial score (nSPS) is 10.4. The standard InChI is InChI=1S/C13H15NO3/c15-9-8-14-10-12-6-7-13(17-12)16-11-4-2-1-3-5-11/h1-7,14-15H,8-10H2. The molecule has 2 rings (SSSR count). The Morgan fingerprint density at radius 3 is 2.71 bits per heavy atom. The van der Waals surface area contributed by atoms with Gasteiger partial charge in [-0.15, -0.1) is 0 Å². The van der Waals surface area contributed by atoms with Crippen molar-refractivity contribution < 1.29 is 14.3 Å².